The van der Waals surface area contributed by atoms with Crippen LogP contribution in [0.15, 0.2) is 48.5 Å². The SMILES string of the molecule is O=C1N[C@H](c2ccc(O)c(I)c2)Nc2sc3c(c21)CCN(Cc1ccccc1)C3. The molecule has 2 aliphatic heterocycles. The van der Waals surface area contributed by atoms with Gasteiger partial charge in [-0.05, 0) is 57.8 Å². The molecule has 3 N–H and O–H groups in total. The first kappa shape index (κ1) is 18.9. The zero-order valence-corrected chi connectivity index (χ0v) is 18.6. The molecule has 0 fully saturated rings. The monoisotopic (exact) mass is 517 g/mol. The fraction of sp³-hybridized carbons (Fsp3) is 0.227. The van der Waals surface area contributed by atoms with Gasteiger partial charge in [0.2, 0.25) is 0 Å². The second-order valence-electron chi connectivity index (χ2n) is 7.42. The third kappa shape index (κ3) is 3.62. The van der Waals surface area contributed by atoms with E-state index in [1.165, 1.54) is 16.0 Å². The van der Waals surface area contributed by atoms with Crippen LogP contribution < -0.4 is 10.6 Å². The molecule has 0 spiro atoms. The summed E-state index contributed by atoms with van der Waals surface area (Å²) in [6.07, 6.45) is 0.606. The molecule has 5 nitrogen and oxygen atoms in total. The van der Waals surface area contributed by atoms with Crippen molar-refractivity contribution in [1.82, 2.24) is 10.2 Å². The lowest BCUT2D eigenvalue weighted by Gasteiger charge is -2.28. The molecule has 3 aromatic rings. The van der Waals surface area contributed by atoms with E-state index in [-0.39, 0.29) is 17.8 Å². The number of carbonyl (C=O) groups excluding carboxylic acids is 1. The van der Waals surface area contributed by atoms with Crippen LogP contribution in [-0.2, 0) is 19.5 Å². The van der Waals surface area contributed by atoms with Crippen molar-refractivity contribution in [3.63, 3.8) is 0 Å². The van der Waals surface area contributed by atoms with Crippen LogP contribution in [0.2, 0.25) is 0 Å². The van der Waals surface area contributed by atoms with Gasteiger partial charge < -0.3 is 15.7 Å². The summed E-state index contributed by atoms with van der Waals surface area (Å²) in [5, 5.41) is 17.3. The molecule has 1 amide bonds. The zero-order chi connectivity index (χ0) is 20.0. The Hall–Kier alpha value is -2.10. The summed E-state index contributed by atoms with van der Waals surface area (Å²) in [6, 6.07) is 15.9. The fourth-order valence-electron chi connectivity index (χ4n) is 4.01. The van der Waals surface area contributed by atoms with Crippen molar-refractivity contribution in [3.8, 4) is 5.75 Å². The topological polar surface area (TPSA) is 64.6 Å². The van der Waals surface area contributed by atoms with E-state index in [0.29, 0.717) is 0 Å². The number of nitrogens with zero attached hydrogens (tertiary/aromatic N) is 1. The summed E-state index contributed by atoms with van der Waals surface area (Å²) in [5.74, 6) is 0.239. The predicted octanol–water partition coefficient (Wildman–Crippen LogP) is 4.47. The van der Waals surface area contributed by atoms with Crippen molar-refractivity contribution in [1.29, 1.82) is 0 Å². The van der Waals surface area contributed by atoms with E-state index in [4.69, 9.17) is 0 Å². The van der Waals surface area contributed by atoms with E-state index >= 15 is 0 Å². The van der Waals surface area contributed by atoms with Gasteiger partial charge >= 0.3 is 0 Å². The van der Waals surface area contributed by atoms with Crippen molar-refractivity contribution in [2.24, 2.45) is 0 Å². The molecule has 1 atom stereocenters. The Morgan fingerprint density at radius 3 is 2.79 bits per heavy atom. The second kappa shape index (κ2) is 7.62. The summed E-state index contributed by atoms with van der Waals surface area (Å²) in [4.78, 5) is 16.6. The highest BCUT2D eigenvalue weighted by molar-refractivity contribution is 14.1. The van der Waals surface area contributed by atoms with Gasteiger partial charge in [0.25, 0.3) is 5.91 Å². The summed E-state index contributed by atoms with van der Waals surface area (Å²) in [5.41, 5.74) is 4.26. The number of amides is 1. The normalized spacial score (nSPS) is 18.5. The summed E-state index contributed by atoms with van der Waals surface area (Å²) >= 11 is 3.80. The molecule has 5 rings (SSSR count). The average Bonchev–Trinajstić information content (AvgIpc) is 3.09. The number of fused-ring (bicyclic) bond motifs is 3. The highest BCUT2D eigenvalue weighted by atomic mass is 127. The van der Waals surface area contributed by atoms with Crippen molar-refractivity contribution < 1.29 is 9.90 Å². The lowest BCUT2D eigenvalue weighted by Crippen LogP contribution is -2.38. The van der Waals surface area contributed by atoms with Crippen molar-refractivity contribution in [3.05, 3.63) is 79.2 Å². The van der Waals surface area contributed by atoms with Crippen LogP contribution in [0.25, 0.3) is 0 Å². The Balaban J connectivity index is 1.38. The predicted molar refractivity (Wildman–Crippen MR) is 123 cm³/mol. The van der Waals surface area contributed by atoms with Gasteiger partial charge in [-0.1, -0.05) is 36.4 Å². The van der Waals surface area contributed by atoms with Gasteiger partial charge in [0.1, 0.15) is 16.9 Å². The number of phenols is 1. The number of rotatable bonds is 3. The third-order valence-electron chi connectivity index (χ3n) is 5.47. The molecule has 2 aromatic carbocycles. The Kier molecular flexibility index (Phi) is 4.97. The Morgan fingerprint density at radius 1 is 1.17 bits per heavy atom. The highest BCUT2D eigenvalue weighted by Gasteiger charge is 2.33. The number of thiophene rings is 1. The van der Waals surface area contributed by atoms with E-state index in [1.807, 2.05) is 18.2 Å². The first-order valence-electron chi connectivity index (χ1n) is 9.55. The second-order valence-corrected chi connectivity index (χ2v) is 9.68. The Bertz CT molecular complexity index is 1080. The number of carbonyl (C=O) groups is 1. The van der Waals surface area contributed by atoms with Crippen LogP contribution in [-0.4, -0.2) is 22.5 Å². The van der Waals surface area contributed by atoms with Crippen molar-refractivity contribution in [2.45, 2.75) is 25.7 Å². The van der Waals surface area contributed by atoms with Crippen LogP contribution in [0.3, 0.4) is 0 Å². The minimum absolute atomic E-state index is 0.0131. The molecule has 0 unspecified atom stereocenters. The van der Waals surface area contributed by atoms with E-state index in [9.17, 15) is 9.90 Å². The maximum Gasteiger partial charge on any atom is 0.256 e. The first-order chi connectivity index (χ1) is 14.1. The maximum atomic E-state index is 12.9. The quantitative estimate of drug-likeness (QED) is 0.449. The van der Waals surface area contributed by atoms with Crippen molar-refractivity contribution in [2.75, 3.05) is 11.9 Å². The molecule has 3 heterocycles. The summed E-state index contributed by atoms with van der Waals surface area (Å²) in [6.45, 7) is 2.76. The lowest BCUT2D eigenvalue weighted by molar-refractivity contribution is 0.0934. The first-order valence-corrected chi connectivity index (χ1v) is 11.4. The molecular weight excluding hydrogens is 497 g/mol. The molecule has 0 saturated heterocycles. The van der Waals surface area contributed by atoms with Gasteiger partial charge in [-0.25, -0.2) is 0 Å². The lowest BCUT2D eigenvalue weighted by atomic mass is 10.00. The number of hydrogen-bond donors (Lipinski definition) is 3. The third-order valence-corrected chi connectivity index (χ3v) is 7.48. The van der Waals surface area contributed by atoms with Crippen molar-refractivity contribution >= 4 is 44.8 Å². The molecular formula is C22H20IN3O2S. The van der Waals surface area contributed by atoms with Gasteiger partial charge in [0.05, 0.1) is 9.13 Å². The molecule has 0 bridgehead atoms. The molecule has 0 aliphatic carbocycles. The van der Waals surface area contributed by atoms with Gasteiger partial charge in [0.15, 0.2) is 0 Å². The number of nitrogens with one attached hydrogen (secondary N) is 2. The number of benzene rings is 2. The summed E-state index contributed by atoms with van der Waals surface area (Å²) in [7, 11) is 0. The summed E-state index contributed by atoms with van der Waals surface area (Å²) < 4.78 is 0.768. The fourth-order valence-corrected chi connectivity index (χ4v) is 5.87. The van der Waals surface area contributed by atoms with Gasteiger partial charge in [0, 0.05) is 24.5 Å². The number of phenolic OH excluding ortho intramolecular Hbond substituents is 1. The Labute approximate surface area is 186 Å². The minimum Gasteiger partial charge on any atom is -0.507 e. The van der Waals surface area contributed by atoms with E-state index in [1.54, 1.807) is 17.4 Å². The minimum atomic E-state index is -0.287. The van der Waals surface area contributed by atoms with E-state index in [2.05, 4.69) is 62.4 Å². The largest absolute Gasteiger partial charge is 0.507 e. The van der Waals surface area contributed by atoms with Crippen LogP contribution in [0, 0.1) is 3.57 Å². The molecule has 0 saturated carbocycles. The van der Waals surface area contributed by atoms with E-state index < -0.39 is 0 Å². The van der Waals surface area contributed by atoms with Crippen LogP contribution in [0.1, 0.15) is 38.1 Å². The number of halogens is 1. The highest BCUT2D eigenvalue weighted by Crippen LogP contribution is 2.41. The van der Waals surface area contributed by atoms with Crippen LogP contribution >= 0.6 is 33.9 Å². The van der Waals surface area contributed by atoms with Crippen LogP contribution in [0.5, 0.6) is 5.75 Å². The van der Waals surface area contributed by atoms with E-state index in [0.717, 1.165) is 45.8 Å². The number of anilines is 1. The maximum absolute atomic E-state index is 12.9. The average molecular weight is 517 g/mol. The molecule has 29 heavy (non-hydrogen) atoms. The smallest absolute Gasteiger partial charge is 0.256 e. The van der Waals surface area contributed by atoms with Gasteiger partial charge in [-0.2, -0.15) is 0 Å². The molecule has 1 aromatic heterocycles. The molecule has 148 valence electrons. The zero-order valence-electron chi connectivity index (χ0n) is 15.6. The molecule has 2 aliphatic rings. The van der Waals surface area contributed by atoms with Gasteiger partial charge in [-0.3, -0.25) is 9.69 Å². The number of aromatic hydroxyl groups is 1. The molecule has 7 heteroatoms. The molecule has 0 radical (unpaired) electrons. The van der Waals surface area contributed by atoms with Gasteiger partial charge in [-0.15, -0.1) is 11.3 Å². The Morgan fingerprint density at radius 2 is 2.00 bits per heavy atom. The number of hydrogen-bond acceptors (Lipinski definition) is 5. The standard InChI is InChI=1S/C22H20IN3O2S/c23-16-10-14(6-7-17(16)27)20-24-21(28)19-15-8-9-26(11-13-4-2-1-3-5-13)12-18(15)29-22(19)25-20/h1-7,10,20,25,27H,8-9,11-12H2,(H,24,28)/t20-/m0/s1. The van der Waals surface area contributed by atoms with Crippen LogP contribution in [0.4, 0.5) is 5.00 Å².